The number of benzene rings is 3. The van der Waals surface area contributed by atoms with Gasteiger partial charge in [0.25, 0.3) is 0 Å². The lowest BCUT2D eigenvalue weighted by atomic mass is 10.1. The van der Waals surface area contributed by atoms with Gasteiger partial charge >= 0.3 is 0 Å². The predicted octanol–water partition coefficient (Wildman–Crippen LogP) is 4.28. The zero-order chi connectivity index (χ0) is 15.9. The summed E-state index contributed by atoms with van der Waals surface area (Å²) < 4.78 is 10.9. The predicted molar refractivity (Wildman–Crippen MR) is 93.9 cm³/mol. The van der Waals surface area contributed by atoms with E-state index in [4.69, 9.17) is 9.47 Å². The summed E-state index contributed by atoms with van der Waals surface area (Å²) in [5, 5.41) is 5.86. The van der Waals surface area contributed by atoms with E-state index >= 15 is 0 Å². The van der Waals surface area contributed by atoms with Crippen molar-refractivity contribution in [3.8, 4) is 11.5 Å². The molecule has 0 fully saturated rings. The maximum atomic E-state index is 5.48. The minimum absolute atomic E-state index is 0.283. The summed E-state index contributed by atoms with van der Waals surface area (Å²) in [7, 11) is 0. The number of aromatic nitrogens is 1. The van der Waals surface area contributed by atoms with Crippen molar-refractivity contribution in [1.82, 2.24) is 0 Å². The topological polar surface area (TPSA) is 44.6 Å². The van der Waals surface area contributed by atoms with Crippen LogP contribution in [0.2, 0.25) is 0 Å². The molecule has 0 unspecified atom stereocenters. The molecule has 24 heavy (non-hydrogen) atoms. The van der Waals surface area contributed by atoms with Gasteiger partial charge in [-0.25, -0.2) is 4.98 Å². The van der Waals surface area contributed by atoms with Crippen LogP contribution in [0.25, 0.3) is 21.8 Å². The van der Waals surface area contributed by atoms with Crippen molar-refractivity contribution in [2.45, 2.75) is 0 Å². The minimum Gasteiger partial charge on any atom is -0.454 e. The number of aromatic amines is 1. The number of rotatable bonds is 2. The molecule has 5 rings (SSSR count). The SMILES string of the molecule is c1ccc2c(Nc3ccc4c(c3)OCO4)c3ccccc3[nH+]c2c1. The van der Waals surface area contributed by atoms with Gasteiger partial charge in [-0.05, 0) is 24.3 Å². The number of fused-ring (bicyclic) bond motifs is 3. The molecular formula is C20H15N2O2+. The first-order valence-electron chi connectivity index (χ1n) is 7.88. The number of ether oxygens (including phenoxy) is 2. The van der Waals surface area contributed by atoms with Crippen LogP contribution in [0.1, 0.15) is 0 Å². The first-order valence-corrected chi connectivity index (χ1v) is 7.88. The molecule has 0 amide bonds. The fraction of sp³-hybridized carbons (Fsp3) is 0.0500. The second-order valence-corrected chi connectivity index (χ2v) is 5.78. The quantitative estimate of drug-likeness (QED) is 0.562. The highest BCUT2D eigenvalue weighted by Crippen LogP contribution is 2.37. The molecule has 1 aliphatic rings. The van der Waals surface area contributed by atoms with E-state index in [1.165, 1.54) is 0 Å². The third-order valence-electron chi connectivity index (χ3n) is 4.30. The fourth-order valence-corrected chi connectivity index (χ4v) is 3.16. The molecule has 3 aromatic carbocycles. The Balaban J connectivity index is 1.72. The Labute approximate surface area is 138 Å². The largest absolute Gasteiger partial charge is 0.454 e. The molecular weight excluding hydrogens is 300 g/mol. The summed E-state index contributed by atoms with van der Waals surface area (Å²) in [5.41, 5.74) is 4.25. The molecule has 0 spiro atoms. The molecule has 2 heterocycles. The summed E-state index contributed by atoms with van der Waals surface area (Å²) in [6.07, 6.45) is 0. The van der Waals surface area contributed by atoms with Crippen molar-refractivity contribution in [2.24, 2.45) is 0 Å². The van der Waals surface area contributed by atoms with Gasteiger partial charge in [-0.2, -0.15) is 0 Å². The summed E-state index contributed by atoms with van der Waals surface area (Å²) in [4.78, 5) is 3.49. The highest BCUT2D eigenvalue weighted by Gasteiger charge is 2.16. The van der Waals surface area contributed by atoms with Crippen molar-refractivity contribution in [3.63, 3.8) is 0 Å². The van der Waals surface area contributed by atoms with Gasteiger partial charge in [0.15, 0.2) is 11.5 Å². The molecule has 0 aliphatic carbocycles. The summed E-state index contributed by atoms with van der Waals surface area (Å²) in [5.74, 6) is 1.56. The highest BCUT2D eigenvalue weighted by molar-refractivity contribution is 6.06. The van der Waals surface area contributed by atoms with Crippen molar-refractivity contribution in [2.75, 3.05) is 12.1 Å². The van der Waals surface area contributed by atoms with E-state index < -0.39 is 0 Å². The second-order valence-electron chi connectivity index (χ2n) is 5.78. The Morgan fingerprint density at radius 1 is 0.750 bits per heavy atom. The van der Waals surface area contributed by atoms with Crippen LogP contribution in [0.5, 0.6) is 11.5 Å². The second kappa shape index (κ2) is 5.13. The number of hydrogen-bond donors (Lipinski definition) is 1. The number of anilines is 2. The van der Waals surface area contributed by atoms with Crippen LogP contribution in [-0.2, 0) is 0 Å². The molecule has 0 saturated carbocycles. The fourth-order valence-electron chi connectivity index (χ4n) is 3.16. The first kappa shape index (κ1) is 13.2. The number of hydrogen-bond acceptors (Lipinski definition) is 3. The van der Waals surface area contributed by atoms with E-state index in [2.05, 4.69) is 46.7 Å². The Morgan fingerprint density at radius 3 is 2.17 bits per heavy atom. The van der Waals surface area contributed by atoms with E-state index in [1.807, 2.05) is 30.3 Å². The Hall–Kier alpha value is -3.27. The van der Waals surface area contributed by atoms with E-state index in [-0.39, 0.29) is 6.79 Å². The lowest BCUT2D eigenvalue weighted by molar-refractivity contribution is -0.310. The summed E-state index contributed by atoms with van der Waals surface area (Å²) >= 11 is 0. The average Bonchev–Trinajstić information content (AvgIpc) is 3.09. The van der Waals surface area contributed by atoms with Crippen molar-refractivity contribution in [3.05, 3.63) is 66.7 Å². The van der Waals surface area contributed by atoms with Crippen molar-refractivity contribution < 1.29 is 14.5 Å². The maximum Gasteiger partial charge on any atom is 0.231 e. The number of para-hydroxylation sites is 2. The van der Waals surface area contributed by atoms with Gasteiger partial charge in [-0.1, -0.05) is 24.3 Å². The highest BCUT2D eigenvalue weighted by atomic mass is 16.7. The minimum atomic E-state index is 0.283. The van der Waals surface area contributed by atoms with Crippen LogP contribution in [0.15, 0.2) is 66.7 Å². The molecule has 1 aliphatic heterocycles. The van der Waals surface area contributed by atoms with E-state index in [1.54, 1.807) is 0 Å². The Bertz CT molecular complexity index is 1020. The van der Waals surface area contributed by atoms with E-state index in [9.17, 15) is 0 Å². The maximum absolute atomic E-state index is 5.48. The lowest BCUT2D eigenvalue weighted by Gasteiger charge is -2.11. The normalized spacial score (nSPS) is 12.7. The third-order valence-corrected chi connectivity index (χ3v) is 4.30. The molecule has 4 aromatic rings. The van der Waals surface area contributed by atoms with E-state index in [0.717, 1.165) is 44.7 Å². The Morgan fingerprint density at radius 2 is 1.42 bits per heavy atom. The molecule has 4 nitrogen and oxygen atoms in total. The standard InChI is InChI=1S/C20H14N2O2/c1-3-7-16-14(5-1)20(15-6-2-4-8-17(15)22-16)21-13-9-10-18-19(11-13)24-12-23-18/h1-11H,12H2,(H,21,22)/p+1. The van der Waals surface area contributed by atoms with E-state index in [0.29, 0.717) is 0 Å². The van der Waals surface area contributed by atoms with Crippen LogP contribution in [0.3, 0.4) is 0 Å². The van der Waals surface area contributed by atoms with Gasteiger partial charge in [0.1, 0.15) is 0 Å². The van der Waals surface area contributed by atoms with Crippen molar-refractivity contribution in [1.29, 1.82) is 0 Å². The van der Waals surface area contributed by atoms with Gasteiger partial charge in [0, 0.05) is 23.9 Å². The van der Waals surface area contributed by atoms with Crippen LogP contribution >= 0.6 is 0 Å². The smallest absolute Gasteiger partial charge is 0.231 e. The molecule has 116 valence electrons. The van der Waals surface area contributed by atoms with Crippen LogP contribution in [-0.4, -0.2) is 6.79 Å². The molecule has 0 atom stereocenters. The summed E-state index contributed by atoms with van der Waals surface area (Å²) in [6.45, 7) is 0.283. The molecule has 0 radical (unpaired) electrons. The van der Waals surface area contributed by atoms with Crippen molar-refractivity contribution >= 4 is 33.2 Å². The average molecular weight is 315 g/mol. The molecule has 4 heteroatoms. The summed E-state index contributed by atoms with van der Waals surface area (Å²) in [6, 6.07) is 22.5. The molecule has 1 aromatic heterocycles. The van der Waals surface area contributed by atoms with Crippen LogP contribution < -0.4 is 19.8 Å². The monoisotopic (exact) mass is 315 g/mol. The van der Waals surface area contributed by atoms with Crippen LogP contribution in [0, 0.1) is 0 Å². The van der Waals surface area contributed by atoms with Crippen LogP contribution in [0.4, 0.5) is 11.4 Å². The first-order chi connectivity index (χ1) is 11.9. The number of H-pyrrole nitrogens is 1. The van der Waals surface area contributed by atoms with Gasteiger partial charge in [-0.15, -0.1) is 0 Å². The Kier molecular flexibility index (Phi) is 2.82. The van der Waals surface area contributed by atoms with Gasteiger partial charge < -0.3 is 14.8 Å². The molecule has 0 saturated heterocycles. The van der Waals surface area contributed by atoms with Gasteiger partial charge in [0.05, 0.1) is 16.5 Å². The van der Waals surface area contributed by atoms with Gasteiger partial charge in [0.2, 0.25) is 17.8 Å². The lowest BCUT2D eigenvalue weighted by Crippen LogP contribution is -2.07. The zero-order valence-corrected chi connectivity index (χ0v) is 12.9. The van der Waals surface area contributed by atoms with Gasteiger partial charge in [-0.3, -0.25) is 0 Å². The number of nitrogens with one attached hydrogen (secondary N) is 2. The molecule has 0 bridgehead atoms. The number of pyridine rings is 1. The molecule has 2 N–H and O–H groups in total. The zero-order valence-electron chi connectivity index (χ0n) is 12.9. The third kappa shape index (κ3) is 2.04.